The van der Waals surface area contributed by atoms with Crippen LogP contribution >= 0.6 is 11.6 Å². The Balaban J connectivity index is 1.66. The van der Waals surface area contributed by atoms with E-state index < -0.39 is 16.6 Å². The number of halogens is 2. The Labute approximate surface area is 190 Å². The number of nitrogens with zero attached hydrogens (tertiary/aromatic N) is 4. The number of fused-ring (bicyclic) bond motifs is 1. The summed E-state index contributed by atoms with van der Waals surface area (Å²) < 4.78 is 19.7. The molecule has 11 heteroatoms. The zero-order valence-electron chi connectivity index (χ0n) is 16.6. The monoisotopic (exact) mass is 465 g/mol. The van der Waals surface area contributed by atoms with Crippen LogP contribution in [0.1, 0.15) is 15.9 Å². The number of nitro benzene ring substituents is 1. The second-order valence-electron chi connectivity index (χ2n) is 6.60. The third-order valence-electron chi connectivity index (χ3n) is 4.50. The fourth-order valence-corrected chi connectivity index (χ4v) is 3.11. The van der Waals surface area contributed by atoms with Crippen molar-refractivity contribution in [2.24, 2.45) is 5.10 Å². The first-order chi connectivity index (χ1) is 15.9. The van der Waals surface area contributed by atoms with Gasteiger partial charge in [-0.3, -0.25) is 14.9 Å². The second kappa shape index (κ2) is 9.37. The third kappa shape index (κ3) is 4.91. The van der Waals surface area contributed by atoms with Crippen molar-refractivity contribution < 1.29 is 18.8 Å². The Hall–Kier alpha value is -4.44. The van der Waals surface area contributed by atoms with Crippen molar-refractivity contribution in [1.29, 1.82) is 0 Å². The molecule has 0 aliphatic carbocycles. The molecule has 1 heterocycles. The molecule has 4 aromatic rings. The summed E-state index contributed by atoms with van der Waals surface area (Å²) in [5.41, 5.74) is 2.60. The highest BCUT2D eigenvalue weighted by atomic mass is 35.5. The molecular weight excluding hydrogens is 453 g/mol. The van der Waals surface area contributed by atoms with Gasteiger partial charge in [0, 0.05) is 23.3 Å². The number of nitrogens with one attached hydrogen (secondary N) is 1. The summed E-state index contributed by atoms with van der Waals surface area (Å²) in [4.78, 5) is 30.0. The molecule has 0 aliphatic rings. The number of ether oxygens (including phenoxy) is 1. The Bertz CT molecular complexity index is 1410. The normalized spacial score (nSPS) is 11.0. The number of carbonyl (C=O) groups is 1. The van der Waals surface area contributed by atoms with Crippen LogP contribution in [0.5, 0.6) is 11.6 Å². The lowest BCUT2D eigenvalue weighted by Gasteiger charge is -2.11. The molecule has 33 heavy (non-hydrogen) atoms. The molecular formula is C22H13ClFN5O4. The van der Waals surface area contributed by atoms with Crippen LogP contribution in [0.2, 0.25) is 5.28 Å². The van der Waals surface area contributed by atoms with Gasteiger partial charge in [0.1, 0.15) is 5.75 Å². The van der Waals surface area contributed by atoms with E-state index in [0.717, 1.165) is 17.6 Å². The van der Waals surface area contributed by atoms with Crippen molar-refractivity contribution in [3.63, 3.8) is 0 Å². The van der Waals surface area contributed by atoms with Gasteiger partial charge in [0.25, 0.3) is 17.5 Å². The van der Waals surface area contributed by atoms with Crippen LogP contribution in [0.25, 0.3) is 10.8 Å². The zero-order valence-corrected chi connectivity index (χ0v) is 17.4. The van der Waals surface area contributed by atoms with E-state index in [1.807, 2.05) is 12.1 Å². The molecule has 164 valence electrons. The lowest BCUT2D eigenvalue weighted by atomic mass is 10.0. The van der Waals surface area contributed by atoms with Gasteiger partial charge in [-0.05, 0) is 34.5 Å². The van der Waals surface area contributed by atoms with Gasteiger partial charge in [-0.25, -0.2) is 10.4 Å². The molecule has 0 radical (unpaired) electrons. The summed E-state index contributed by atoms with van der Waals surface area (Å²) in [6.07, 6.45) is 2.21. The fraction of sp³-hybridized carbons (Fsp3) is 0. The second-order valence-corrected chi connectivity index (χ2v) is 6.94. The summed E-state index contributed by atoms with van der Waals surface area (Å²) in [7, 11) is 0. The Morgan fingerprint density at radius 2 is 2.00 bits per heavy atom. The molecule has 1 aromatic heterocycles. The first-order valence-corrected chi connectivity index (χ1v) is 9.75. The summed E-state index contributed by atoms with van der Waals surface area (Å²) in [6.45, 7) is 0. The van der Waals surface area contributed by atoms with Gasteiger partial charge in [0.2, 0.25) is 11.1 Å². The molecule has 0 atom stereocenters. The molecule has 3 aromatic carbocycles. The van der Waals surface area contributed by atoms with Crippen molar-refractivity contribution >= 4 is 40.2 Å². The van der Waals surface area contributed by atoms with Crippen LogP contribution in [0.15, 0.2) is 72.0 Å². The van der Waals surface area contributed by atoms with E-state index in [1.165, 1.54) is 24.4 Å². The Morgan fingerprint density at radius 1 is 1.18 bits per heavy atom. The van der Waals surface area contributed by atoms with Crippen molar-refractivity contribution in [2.75, 3.05) is 0 Å². The molecule has 1 amide bonds. The van der Waals surface area contributed by atoms with Gasteiger partial charge < -0.3 is 4.74 Å². The van der Waals surface area contributed by atoms with E-state index >= 15 is 0 Å². The Kier molecular flexibility index (Phi) is 6.18. The van der Waals surface area contributed by atoms with Crippen LogP contribution in [0, 0.1) is 15.9 Å². The van der Waals surface area contributed by atoms with E-state index in [1.54, 1.807) is 24.3 Å². The van der Waals surface area contributed by atoms with Gasteiger partial charge in [0.15, 0.2) is 0 Å². The number of rotatable bonds is 6. The number of nitro groups is 1. The van der Waals surface area contributed by atoms with Crippen molar-refractivity contribution in [1.82, 2.24) is 15.4 Å². The lowest BCUT2D eigenvalue weighted by Crippen LogP contribution is -2.17. The standard InChI is InChI=1S/C22H13ClFN5O4/c23-22-25-12-18(24)21(27-22)33-19-9-8-13-4-1-2-7-16(13)17(19)11-26-28-20(30)14-5-3-6-15(10-14)29(31)32/h1-12H,(H,28,30)/b26-11-. The van der Waals surface area contributed by atoms with Crippen LogP contribution in [0.4, 0.5) is 10.1 Å². The molecule has 0 saturated carbocycles. The van der Waals surface area contributed by atoms with E-state index in [2.05, 4.69) is 20.5 Å². The summed E-state index contributed by atoms with van der Waals surface area (Å²) in [6, 6.07) is 15.9. The summed E-state index contributed by atoms with van der Waals surface area (Å²) >= 11 is 5.74. The minimum Gasteiger partial charge on any atom is -0.436 e. The van der Waals surface area contributed by atoms with E-state index in [9.17, 15) is 19.3 Å². The SMILES string of the molecule is O=C(N/N=C\c1c(Oc2nc(Cl)ncc2F)ccc2ccccc12)c1cccc([N+](=O)[O-])c1. The number of hydrogen-bond donors (Lipinski definition) is 1. The molecule has 1 N–H and O–H groups in total. The topological polar surface area (TPSA) is 120 Å². The molecule has 4 rings (SSSR count). The average molecular weight is 466 g/mol. The number of aromatic nitrogens is 2. The first-order valence-electron chi connectivity index (χ1n) is 9.38. The summed E-state index contributed by atoms with van der Waals surface area (Å²) in [5.74, 6) is -1.63. The van der Waals surface area contributed by atoms with Gasteiger partial charge in [0.05, 0.1) is 17.3 Å². The highest BCUT2D eigenvalue weighted by Crippen LogP contribution is 2.31. The van der Waals surface area contributed by atoms with Crippen molar-refractivity contribution in [3.05, 3.63) is 99.2 Å². The van der Waals surface area contributed by atoms with Gasteiger partial charge in [-0.2, -0.15) is 14.5 Å². The average Bonchev–Trinajstić information content (AvgIpc) is 2.82. The highest BCUT2D eigenvalue weighted by molar-refractivity contribution is 6.28. The fourth-order valence-electron chi connectivity index (χ4n) is 2.99. The quantitative estimate of drug-likeness (QED) is 0.187. The van der Waals surface area contributed by atoms with Gasteiger partial charge in [-0.1, -0.05) is 36.4 Å². The molecule has 0 fully saturated rings. The number of benzene rings is 3. The predicted octanol–water partition coefficient (Wildman–Crippen LogP) is 4.89. The number of amides is 1. The molecule has 0 aliphatic heterocycles. The van der Waals surface area contributed by atoms with Crippen molar-refractivity contribution in [2.45, 2.75) is 0 Å². The number of non-ortho nitro benzene ring substituents is 1. The van der Waals surface area contributed by atoms with Crippen LogP contribution in [-0.4, -0.2) is 27.0 Å². The lowest BCUT2D eigenvalue weighted by molar-refractivity contribution is -0.384. The minimum absolute atomic E-state index is 0.0634. The van der Waals surface area contributed by atoms with Crippen LogP contribution < -0.4 is 10.2 Å². The number of hydrazone groups is 1. The van der Waals surface area contributed by atoms with Gasteiger partial charge in [-0.15, -0.1) is 0 Å². The first kappa shape index (κ1) is 21.8. The zero-order chi connectivity index (χ0) is 23.4. The minimum atomic E-state index is -0.811. The van der Waals surface area contributed by atoms with E-state index in [-0.39, 0.29) is 28.2 Å². The van der Waals surface area contributed by atoms with Crippen LogP contribution in [0.3, 0.4) is 0 Å². The highest BCUT2D eigenvalue weighted by Gasteiger charge is 2.14. The maximum Gasteiger partial charge on any atom is 0.271 e. The third-order valence-corrected chi connectivity index (χ3v) is 4.68. The predicted molar refractivity (Wildman–Crippen MR) is 119 cm³/mol. The smallest absolute Gasteiger partial charge is 0.271 e. The van der Waals surface area contributed by atoms with Crippen LogP contribution in [-0.2, 0) is 0 Å². The molecule has 0 bridgehead atoms. The maximum atomic E-state index is 14.1. The molecule has 0 spiro atoms. The van der Waals surface area contributed by atoms with Gasteiger partial charge >= 0.3 is 0 Å². The Morgan fingerprint density at radius 3 is 2.82 bits per heavy atom. The maximum absolute atomic E-state index is 14.1. The molecule has 0 unspecified atom stereocenters. The van der Waals surface area contributed by atoms with E-state index in [0.29, 0.717) is 10.9 Å². The largest absolute Gasteiger partial charge is 0.436 e. The molecule has 9 nitrogen and oxygen atoms in total. The number of hydrogen-bond acceptors (Lipinski definition) is 7. The van der Waals surface area contributed by atoms with E-state index in [4.69, 9.17) is 16.3 Å². The molecule has 0 saturated heterocycles. The summed E-state index contributed by atoms with van der Waals surface area (Å²) in [5, 5.41) is 16.2. The van der Waals surface area contributed by atoms with Crippen molar-refractivity contribution in [3.8, 4) is 11.6 Å². The number of carbonyl (C=O) groups excluding carboxylic acids is 1.